The van der Waals surface area contributed by atoms with E-state index in [9.17, 15) is 18.3 Å². The summed E-state index contributed by atoms with van der Waals surface area (Å²) in [5.41, 5.74) is 0.613. The Hall–Kier alpha value is -2.28. The molecule has 2 heterocycles. The van der Waals surface area contributed by atoms with E-state index in [1.165, 1.54) is 6.07 Å². The van der Waals surface area contributed by atoms with Crippen LogP contribution in [0, 0.1) is 11.8 Å². The van der Waals surface area contributed by atoms with Gasteiger partial charge < -0.3 is 15.3 Å². The number of nitrogens with zero attached hydrogens (tertiary/aromatic N) is 1. The zero-order chi connectivity index (χ0) is 20.6. The van der Waals surface area contributed by atoms with Crippen LogP contribution in [0.2, 0.25) is 0 Å². The van der Waals surface area contributed by atoms with Gasteiger partial charge in [0.2, 0.25) is 9.84 Å². The molecule has 0 saturated carbocycles. The summed E-state index contributed by atoms with van der Waals surface area (Å²) in [5, 5.41) is 15.1. The van der Waals surface area contributed by atoms with Gasteiger partial charge in [-0.1, -0.05) is 46.2 Å². The lowest BCUT2D eigenvalue weighted by Gasteiger charge is -2.30. The summed E-state index contributed by atoms with van der Waals surface area (Å²) < 4.78 is 25.4. The van der Waals surface area contributed by atoms with Crippen molar-refractivity contribution in [3.05, 3.63) is 46.7 Å². The normalized spacial score (nSPS) is 22.2. The van der Waals surface area contributed by atoms with Crippen LogP contribution < -0.4 is 5.32 Å². The Morgan fingerprint density at radius 3 is 2.54 bits per heavy atom. The van der Waals surface area contributed by atoms with Crippen molar-refractivity contribution < 1.29 is 18.3 Å². The van der Waals surface area contributed by atoms with Crippen LogP contribution in [0.15, 0.2) is 51.6 Å². The van der Waals surface area contributed by atoms with Gasteiger partial charge in [-0.15, -0.1) is 0 Å². The lowest BCUT2D eigenvalue weighted by atomic mass is 9.96. The van der Waals surface area contributed by atoms with Gasteiger partial charge in [0, 0.05) is 6.54 Å². The van der Waals surface area contributed by atoms with Crippen LogP contribution >= 0.6 is 0 Å². The van der Waals surface area contributed by atoms with Crippen molar-refractivity contribution in [2.45, 2.75) is 51.5 Å². The van der Waals surface area contributed by atoms with Crippen molar-refractivity contribution in [2.24, 2.45) is 11.8 Å². The van der Waals surface area contributed by atoms with Crippen molar-refractivity contribution in [1.82, 2.24) is 4.90 Å². The van der Waals surface area contributed by atoms with Gasteiger partial charge in [-0.2, -0.15) is 0 Å². The highest BCUT2D eigenvalue weighted by atomic mass is 32.2. The Bertz CT molecular complexity index is 947. The van der Waals surface area contributed by atoms with E-state index in [-0.39, 0.29) is 33.7 Å². The third-order valence-corrected chi connectivity index (χ3v) is 7.00. The second kappa shape index (κ2) is 7.62. The van der Waals surface area contributed by atoms with Gasteiger partial charge in [-0.05, 0) is 30.4 Å². The molecule has 7 heteroatoms. The van der Waals surface area contributed by atoms with Gasteiger partial charge in [0.05, 0.1) is 27.7 Å². The number of sulfone groups is 1. The highest BCUT2D eigenvalue weighted by Gasteiger charge is 2.44. The van der Waals surface area contributed by atoms with Crippen LogP contribution in [0.3, 0.4) is 0 Å². The Labute approximate surface area is 166 Å². The number of aliphatic hydroxyl groups excluding tert-OH is 1. The topological polar surface area (TPSA) is 86.7 Å². The van der Waals surface area contributed by atoms with E-state index in [2.05, 4.69) is 19.2 Å². The van der Waals surface area contributed by atoms with E-state index in [0.717, 1.165) is 18.2 Å². The first kappa shape index (κ1) is 20.5. The molecule has 0 radical (unpaired) electrons. The molecule has 6 nitrogen and oxygen atoms in total. The van der Waals surface area contributed by atoms with Crippen molar-refractivity contribution in [3.8, 4) is 0 Å². The van der Waals surface area contributed by atoms with E-state index in [0.29, 0.717) is 18.2 Å². The molecule has 0 spiro atoms. The lowest BCUT2D eigenvalue weighted by Crippen LogP contribution is -2.41. The number of amides is 1. The number of anilines is 1. The van der Waals surface area contributed by atoms with Crippen LogP contribution in [-0.4, -0.2) is 36.9 Å². The molecule has 3 rings (SSSR count). The van der Waals surface area contributed by atoms with Crippen molar-refractivity contribution in [3.63, 3.8) is 0 Å². The summed E-state index contributed by atoms with van der Waals surface area (Å²) in [6.07, 6.45) is 1.61. The van der Waals surface area contributed by atoms with Crippen LogP contribution in [0.4, 0.5) is 5.69 Å². The van der Waals surface area contributed by atoms with E-state index < -0.39 is 15.9 Å². The maximum absolute atomic E-state index is 13.2. The Balaban J connectivity index is 2.04. The molecule has 0 aromatic heterocycles. The maximum atomic E-state index is 13.2. The van der Waals surface area contributed by atoms with Gasteiger partial charge in [0.25, 0.3) is 5.91 Å². The second-order valence-corrected chi connectivity index (χ2v) is 9.73. The number of carbonyl (C=O) groups is 1. The number of hydrogen-bond donors (Lipinski definition) is 2. The Morgan fingerprint density at radius 1 is 1.21 bits per heavy atom. The smallest absolute Gasteiger partial charge is 0.260 e. The first-order valence-electron chi connectivity index (χ1n) is 9.74. The summed E-state index contributed by atoms with van der Waals surface area (Å²) in [7, 11) is -3.70. The first-order valence-corrected chi connectivity index (χ1v) is 11.3. The Kier molecular flexibility index (Phi) is 5.57. The summed E-state index contributed by atoms with van der Waals surface area (Å²) in [6.45, 7) is 8.70. The molecule has 1 aromatic carbocycles. The van der Waals surface area contributed by atoms with Gasteiger partial charge >= 0.3 is 0 Å². The second-order valence-electron chi connectivity index (χ2n) is 7.97. The third-order valence-electron chi connectivity index (χ3n) is 5.48. The average Bonchev–Trinajstić information content (AvgIpc) is 2.88. The molecule has 2 atom stereocenters. The minimum atomic E-state index is -3.70. The molecule has 0 aliphatic carbocycles. The highest BCUT2D eigenvalue weighted by molar-refractivity contribution is 7.94. The molecule has 0 saturated heterocycles. The number of fused-ring (bicyclic) bond motifs is 1. The van der Waals surface area contributed by atoms with Crippen LogP contribution in [0.5, 0.6) is 0 Å². The van der Waals surface area contributed by atoms with Crippen molar-refractivity contribution in [1.29, 1.82) is 0 Å². The van der Waals surface area contributed by atoms with Gasteiger partial charge in [-0.25, -0.2) is 8.42 Å². The number of rotatable bonds is 6. The average molecular weight is 405 g/mol. The fourth-order valence-corrected chi connectivity index (χ4v) is 5.01. The fraction of sp³-hybridized carbons (Fsp3) is 0.476. The number of benzene rings is 1. The van der Waals surface area contributed by atoms with Crippen molar-refractivity contribution in [2.75, 3.05) is 11.9 Å². The predicted molar refractivity (Wildman–Crippen MR) is 109 cm³/mol. The predicted octanol–water partition coefficient (Wildman–Crippen LogP) is 3.84. The number of carbonyl (C=O) groups excluding carboxylic acids is 1. The quantitative estimate of drug-likeness (QED) is 0.752. The Morgan fingerprint density at radius 2 is 1.89 bits per heavy atom. The lowest BCUT2D eigenvalue weighted by molar-refractivity contribution is -0.127. The zero-order valence-electron chi connectivity index (χ0n) is 16.8. The molecule has 1 amide bonds. The van der Waals surface area contributed by atoms with Crippen molar-refractivity contribution >= 4 is 21.4 Å². The molecule has 0 unspecified atom stereocenters. The standard InChI is InChI=1S/C21H28N2O4S/c1-5-14(4)19-20(24)18(21(25)23(19)11-10-13(2)3)16-12-28(26,27)17-9-7-6-8-15(17)22-16/h6-9,12-14,19,22,24H,5,10-11H2,1-4H3/t14-,19-/m0/s1. The number of para-hydroxylation sites is 1. The molecule has 152 valence electrons. The van der Waals surface area contributed by atoms with E-state index in [1.54, 1.807) is 23.1 Å². The van der Waals surface area contributed by atoms with E-state index in [4.69, 9.17) is 0 Å². The monoisotopic (exact) mass is 404 g/mol. The molecule has 0 bridgehead atoms. The summed E-state index contributed by atoms with van der Waals surface area (Å²) in [4.78, 5) is 15.1. The van der Waals surface area contributed by atoms with Gasteiger partial charge in [-0.3, -0.25) is 4.79 Å². The van der Waals surface area contributed by atoms with Crippen LogP contribution in [-0.2, 0) is 14.6 Å². The molecule has 2 N–H and O–H groups in total. The number of aliphatic hydroxyl groups is 1. The van der Waals surface area contributed by atoms with Gasteiger partial charge in [0.15, 0.2) is 0 Å². The largest absolute Gasteiger partial charge is 0.509 e. The third kappa shape index (κ3) is 3.55. The zero-order valence-corrected chi connectivity index (χ0v) is 17.6. The van der Waals surface area contributed by atoms with E-state index in [1.807, 2.05) is 13.8 Å². The summed E-state index contributed by atoms with van der Waals surface area (Å²) in [6, 6.07) is 6.12. The molecule has 1 aromatic rings. The van der Waals surface area contributed by atoms with Crippen LogP contribution in [0.1, 0.15) is 40.5 Å². The fourth-order valence-electron chi connectivity index (χ4n) is 3.70. The molecule has 2 aliphatic heterocycles. The summed E-state index contributed by atoms with van der Waals surface area (Å²) >= 11 is 0. The maximum Gasteiger partial charge on any atom is 0.260 e. The molecular weight excluding hydrogens is 376 g/mol. The minimum absolute atomic E-state index is 0.0450. The molecule has 0 fully saturated rings. The van der Waals surface area contributed by atoms with Gasteiger partial charge in [0.1, 0.15) is 11.3 Å². The molecule has 2 aliphatic rings. The minimum Gasteiger partial charge on any atom is -0.509 e. The number of hydrogen-bond acceptors (Lipinski definition) is 5. The van der Waals surface area contributed by atoms with E-state index >= 15 is 0 Å². The highest BCUT2D eigenvalue weighted by Crippen LogP contribution is 2.38. The van der Waals surface area contributed by atoms with Crippen LogP contribution in [0.25, 0.3) is 0 Å². The summed E-state index contributed by atoms with van der Waals surface area (Å²) in [5.74, 6) is 0.103. The first-order chi connectivity index (χ1) is 13.2. The SMILES string of the molecule is CC[C@H](C)[C@H]1C(O)=C(C2=CS(=O)(=O)c3ccccc3N2)C(=O)N1CCC(C)C. The molecular formula is C21H28N2O4S. The number of nitrogens with one attached hydrogen (secondary N) is 1. The molecule has 28 heavy (non-hydrogen) atoms.